The molecule has 0 radical (unpaired) electrons. The maximum absolute atomic E-state index is 13.5. The van der Waals surface area contributed by atoms with E-state index in [-0.39, 0.29) is 17.0 Å². The lowest BCUT2D eigenvalue weighted by atomic mass is 10.2. The van der Waals surface area contributed by atoms with Gasteiger partial charge in [-0.05, 0) is 38.0 Å². The summed E-state index contributed by atoms with van der Waals surface area (Å²) in [5.41, 5.74) is 1.000. The molecule has 1 unspecified atom stereocenters. The van der Waals surface area contributed by atoms with E-state index < -0.39 is 0 Å². The summed E-state index contributed by atoms with van der Waals surface area (Å²) in [6.07, 6.45) is 1.01. The van der Waals surface area contributed by atoms with Crippen LogP contribution in [0.25, 0.3) is 0 Å². The second-order valence-electron chi connectivity index (χ2n) is 5.01. The maximum Gasteiger partial charge on any atom is 0.237 e. The molecule has 0 saturated heterocycles. The molecule has 1 aromatic heterocycles. The van der Waals surface area contributed by atoms with Crippen molar-refractivity contribution in [1.29, 1.82) is 0 Å². The third kappa shape index (κ3) is 5.18. The lowest BCUT2D eigenvalue weighted by Crippen LogP contribution is -2.22. The number of thioether (sulfide) groups is 1. The molecule has 1 atom stereocenters. The van der Waals surface area contributed by atoms with Crippen LogP contribution in [0.15, 0.2) is 22.5 Å². The summed E-state index contributed by atoms with van der Waals surface area (Å²) in [4.78, 5) is 12.2. The number of halogens is 1. The fourth-order valence-corrected chi connectivity index (χ4v) is 3.60. The van der Waals surface area contributed by atoms with Crippen molar-refractivity contribution < 1.29 is 9.18 Å². The Labute approximate surface area is 143 Å². The van der Waals surface area contributed by atoms with E-state index in [1.807, 2.05) is 0 Å². The van der Waals surface area contributed by atoms with E-state index >= 15 is 0 Å². The molecule has 0 spiro atoms. The summed E-state index contributed by atoms with van der Waals surface area (Å²) in [7, 11) is 0. The number of nitrogens with zero attached hydrogens (tertiary/aromatic N) is 2. The summed E-state index contributed by atoms with van der Waals surface area (Å²) in [5.74, 6) is -0.532. The predicted octanol–water partition coefficient (Wildman–Crippen LogP) is 3.93. The van der Waals surface area contributed by atoms with Gasteiger partial charge in [0.05, 0.1) is 5.25 Å². The number of anilines is 2. The van der Waals surface area contributed by atoms with Crippen LogP contribution in [0.1, 0.15) is 25.8 Å². The van der Waals surface area contributed by atoms with Crippen molar-refractivity contribution in [2.24, 2.45) is 0 Å². The maximum atomic E-state index is 13.5. The summed E-state index contributed by atoms with van der Waals surface area (Å²) in [5, 5.41) is 14.3. The van der Waals surface area contributed by atoms with Crippen molar-refractivity contribution >= 4 is 39.8 Å². The second-order valence-corrected chi connectivity index (χ2v) is 7.58. The van der Waals surface area contributed by atoms with Gasteiger partial charge >= 0.3 is 0 Å². The van der Waals surface area contributed by atoms with Gasteiger partial charge in [-0.3, -0.25) is 4.79 Å². The van der Waals surface area contributed by atoms with Crippen molar-refractivity contribution in [1.82, 2.24) is 10.2 Å². The zero-order valence-corrected chi connectivity index (χ0v) is 14.9. The van der Waals surface area contributed by atoms with Gasteiger partial charge in [-0.1, -0.05) is 36.1 Å². The van der Waals surface area contributed by atoms with Crippen LogP contribution in [0.5, 0.6) is 0 Å². The molecule has 0 saturated carbocycles. The molecule has 5 nitrogen and oxygen atoms in total. The highest BCUT2D eigenvalue weighted by atomic mass is 32.2. The van der Waals surface area contributed by atoms with Gasteiger partial charge in [0.15, 0.2) is 4.34 Å². The smallest absolute Gasteiger partial charge is 0.237 e. The molecule has 23 heavy (non-hydrogen) atoms. The lowest BCUT2D eigenvalue weighted by molar-refractivity contribution is -0.115. The standard InChI is InChI=1S/C15H19FN4OS2/c1-4-7-17-14-19-20-15(23-14)22-10(3)13(21)18-11-6-5-9(2)12(16)8-11/h5-6,8,10H,4,7H2,1-3H3,(H,17,19)(H,18,21). The van der Waals surface area contributed by atoms with Gasteiger partial charge in [-0.2, -0.15) is 0 Å². The number of carbonyl (C=O) groups excluding carboxylic acids is 1. The number of nitrogens with one attached hydrogen (secondary N) is 2. The highest BCUT2D eigenvalue weighted by Crippen LogP contribution is 2.29. The summed E-state index contributed by atoms with van der Waals surface area (Å²) in [6.45, 7) is 6.38. The molecule has 2 rings (SSSR count). The summed E-state index contributed by atoms with van der Waals surface area (Å²) in [6, 6.07) is 4.65. The van der Waals surface area contributed by atoms with Crippen molar-refractivity contribution in [2.45, 2.75) is 36.8 Å². The van der Waals surface area contributed by atoms with Crippen LogP contribution in [0, 0.1) is 12.7 Å². The normalized spacial score (nSPS) is 12.0. The monoisotopic (exact) mass is 354 g/mol. The van der Waals surface area contributed by atoms with Gasteiger partial charge in [0.2, 0.25) is 11.0 Å². The largest absolute Gasteiger partial charge is 0.360 e. The van der Waals surface area contributed by atoms with Crippen molar-refractivity contribution in [3.63, 3.8) is 0 Å². The number of carbonyl (C=O) groups is 1. The quantitative estimate of drug-likeness (QED) is 0.738. The molecule has 124 valence electrons. The number of aryl methyl sites for hydroxylation is 1. The number of hydrogen-bond donors (Lipinski definition) is 2. The molecule has 0 aliphatic carbocycles. The predicted molar refractivity (Wildman–Crippen MR) is 93.8 cm³/mol. The third-order valence-corrected chi connectivity index (χ3v) is 5.08. The van der Waals surface area contributed by atoms with E-state index in [1.165, 1.54) is 29.2 Å². The lowest BCUT2D eigenvalue weighted by Gasteiger charge is -2.10. The van der Waals surface area contributed by atoms with Gasteiger partial charge < -0.3 is 10.6 Å². The number of hydrogen-bond acceptors (Lipinski definition) is 6. The first-order chi connectivity index (χ1) is 11.0. The van der Waals surface area contributed by atoms with Crippen LogP contribution in [0.4, 0.5) is 15.2 Å². The Morgan fingerprint density at radius 3 is 2.91 bits per heavy atom. The van der Waals surface area contributed by atoms with Crippen LogP contribution in [-0.4, -0.2) is 27.9 Å². The Kier molecular flexibility index (Phi) is 6.35. The zero-order chi connectivity index (χ0) is 16.8. The van der Waals surface area contributed by atoms with E-state index in [4.69, 9.17) is 0 Å². The van der Waals surface area contributed by atoms with Gasteiger partial charge in [-0.15, -0.1) is 10.2 Å². The van der Waals surface area contributed by atoms with Crippen LogP contribution in [0.3, 0.4) is 0 Å². The minimum Gasteiger partial charge on any atom is -0.360 e. The first-order valence-electron chi connectivity index (χ1n) is 7.30. The highest BCUT2D eigenvalue weighted by Gasteiger charge is 2.17. The SMILES string of the molecule is CCCNc1nnc(SC(C)C(=O)Nc2ccc(C)c(F)c2)s1. The molecule has 2 aromatic rings. The molecule has 0 fully saturated rings. The Balaban J connectivity index is 1.91. The molecule has 1 amide bonds. The fourth-order valence-electron chi connectivity index (χ4n) is 1.68. The molecule has 1 aromatic carbocycles. The number of aromatic nitrogens is 2. The minimum atomic E-state index is -0.355. The van der Waals surface area contributed by atoms with Crippen molar-refractivity contribution in [3.05, 3.63) is 29.6 Å². The van der Waals surface area contributed by atoms with Crippen LogP contribution in [-0.2, 0) is 4.79 Å². The topological polar surface area (TPSA) is 66.9 Å². The summed E-state index contributed by atoms with van der Waals surface area (Å²) < 4.78 is 14.2. The van der Waals surface area contributed by atoms with Gasteiger partial charge in [0.25, 0.3) is 0 Å². The highest BCUT2D eigenvalue weighted by molar-refractivity contribution is 8.02. The van der Waals surface area contributed by atoms with Crippen LogP contribution in [0.2, 0.25) is 0 Å². The second kappa shape index (κ2) is 8.26. The molecule has 0 aliphatic heterocycles. The Hall–Kier alpha value is -1.67. The Bertz CT molecular complexity index is 677. The van der Waals surface area contributed by atoms with Gasteiger partial charge in [-0.25, -0.2) is 4.39 Å². The zero-order valence-electron chi connectivity index (χ0n) is 13.2. The molecular weight excluding hydrogens is 335 g/mol. The van der Waals surface area contributed by atoms with E-state index in [0.29, 0.717) is 11.3 Å². The Morgan fingerprint density at radius 2 is 2.22 bits per heavy atom. The third-order valence-electron chi connectivity index (χ3n) is 3.02. The number of benzene rings is 1. The minimum absolute atomic E-state index is 0.198. The van der Waals surface area contributed by atoms with E-state index in [9.17, 15) is 9.18 Å². The average Bonchev–Trinajstić information content (AvgIpc) is 2.96. The first kappa shape index (κ1) is 17.7. The fraction of sp³-hybridized carbons (Fsp3) is 0.400. The number of amides is 1. The van der Waals surface area contributed by atoms with Gasteiger partial charge in [0.1, 0.15) is 5.82 Å². The molecular formula is C15H19FN4OS2. The van der Waals surface area contributed by atoms with Crippen molar-refractivity contribution in [3.8, 4) is 0 Å². The first-order valence-corrected chi connectivity index (χ1v) is 9.00. The van der Waals surface area contributed by atoms with Crippen molar-refractivity contribution in [2.75, 3.05) is 17.2 Å². The molecule has 1 heterocycles. The average molecular weight is 354 g/mol. The molecule has 0 bridgehead atoms. The van der Waals surface area contributed by atoms with E-state index in [2.05, 4.69) is 27.8 Å². The van der Waals surface area contributed by atoms with Crippen LogP contribution >= 0.6 is 23.1 Å². The molecule has 0 aliphatic rings. The van der Waals surface area contributed by atoms with Crippen LogP contribution < -0.4 is 10.6 Å². The van der Waals surface area contributed by atoms with E-state index in [1.54, 1.807) is 26.0 Å². The van der Waals surface area contributed by atoms with E-state index in [0.717, 1.165) is 22.4 Å². The molecule has 8 heteroatoms. The van der Waals surface area contributed by atoms with Gasteiger partial charge in [0, 0.05) is 12.2 Å². The Morgan fingerprint density at radius 1 is 1.43 bits per heavy atom. The molecule has 2 N–H and O–H groups in total. The summed E-state index contributed by atoms with van der Waals surface area (Å²) >= 11 is 2.75. The number of rotatable bonds is 7.